The van der Waals surface area contributed by atoms with Crippen molar-refractivity contribution in [1.82, 2.24) is 0 Å². The number of carbonyl (C=O) groups is 3. The maximum absolute atomic E-state index is 14.4. The Hall–Kier alpha value is -4.01. The molecule has 2 N–H and O–H groups in total. The molecule has 1 heterocycles. The topological polar surface area (TPSA) is 119 Å². The number of aliphatic carboxylic acids is 2. The summed E-state index contributed by atoms with van der Waals surface area (Å²) in [6.07, 6.45) is 4.99. The number of Topliss-reactive ketones (excluding diaryl/α,β-unsaturated/α-hetero) is 1. The maximum atomic E-state index is 14.4. The SMILES string of the molecule is C/C=c1/c(Cl)cc(C2=C(CC)CCC(C)(C(=O)c3cc(Cl)c4ccccc4c3OCC(=O)O)O2)c(OCC(=O)O)/c1=C/C.CC. The van der Waals surface area contributed by atoms with E-state index in [1.807, 2.05) is 33.8 Å². The highest BCUT2D eigenvalue weighted by molar-refractivity contribution is 6.36. The van der Waals surface area contributed by atoms with Gasteiger partial charge in [-0.15, -0.1) is 0 Å². The number of allylic oxidation sites excluding steroid dienone is 1. The molecule has 4 rings (SSSR count). The number of carbonyl (C=O) groups excluding carboxylic acids is 1. The van der Waals surface area contributed by atoms with Crippen LogP contribution in [0.4, 0.5) is 0 Å². The van der Waals surface area contributed by atoms with Crippen LogP contribution in [-0.2, 0) is 14.3 Å². The van der Waals surface area contributed by atoms with E-state index in [4.69, 9.17) is 37.4 Å². The molecule has 0 saturated heterocycles. The third-order valence-corrected chi connectivity index (χ3v) is 8.08. The number of carboxylic acids is 2. The molecule has 0 spiro atoms. The van der Waals surface area contributed by atoms with Crippen molar-refractivity contribution >= 4 is 69.6 Å². The zero-order valence-corrected chi connectivity index (χ0v) is 27.8. The van der Waals surface area contributed by atoms with Gasteiger partial charge in [0.15, 0.2) is 18.8 Å². The minimum atomic E-state index is -1.43. The Morgan fingerprint density at radius 1 is 0.911 bits per heavy atom. The molecule has 45 heavy (non-hydrogen) atoms. The van der Waals surface area contributed by atoms with Gasteiger partial charge in [0.25, 0.3) is 0 Å². The van der Waals surface area contributed by atoms with Crippen LogP contribution in [0.15, 0.2) is 42.0 Å². The number of hydrogen-bond donors (Lipinski definition) is 2. The molecule has 1 aliphatic heterocycles. The lowest BCUT2D eigenvalue weighted by atomic mass is 9.83. The van der Waals surface area contributed by atoms with Crippen LogP contribution in [0.1, 0.15) is 76.7 Å². The Morgan fingerprint density at radius 3 is 2.04 bits per heavy atom. The number of fused-ring (bicyclic) bond motifs is 1. The van der Waals surface area contributed by atoms with Crippen LogP contribution in [0, 0.1) is 0 Å². The van der Waals surface area contributed by atoms with Crippen LogP contribution in [0.25, 0.3) is 28.7 Å². The predicted octanol–water partition coefficient (Wildman–Crippen LogP) is 7.27. The molecule has 1 atom stereocenters. The van der Waals surface area contributed by atoms with Gasteiger partial charge < -0.3 is 24.4 Å². The lowest BCUT2D eigenvalue weighted by molar-refractivity contribution is -0.140. The van der Waals surface area contributed by atoms with Gasteiger partial charge in [0.05, 0.1) is 11.1 Å². The van der Waals surface area contributed by atoms with Gasteiger partial charge in [-0.25, -0.2) is 9.59 Å². The standard InChI is InChI=1S/C33H32Cl2O8.C2H6/c1-5-18-12-13-33(4,32(40)24-15-26(35)21-10-8-9-11-22(21)31(24)42-17-28(38)39)43-29(18)23-14-25(34)19(6-2)20(7-3)30(23)41-16-27(36)37;1-2/h6-11,14-15H,5,12-13,16-17H2,1-4H3,(H,36,37)(H,38,39);1-2H3/b19-6+,20-7+;. The molecule has 10 heteroatoms. The van der Waals surface area contributed by atoms with E-state index in [1.165, 1.54) is 6.07 Å². The fraction of sp³-hybridized carbons (Fsp3) is 0.343. The van der Waals surface area contributed by atoms with Gasteiger partial charge in [-0.3, -0.25) is 4.79 Å². The van der Waals surface area contributed by atoms with Crippen molar-refractivity contribution in [3.05, 3.63) is 73.6 Å². The molecular formula is C35H38Cl2O8. The van der Waals surface area contributed by atoms with Gasteiger partial charge >= 0.3 is 11.9 Å². The molecular weight excluding hydrogens is 619 g/mol. The first-order valence-corrected chi connectivity index (χ1v) is 15.5. The van der Waals surface area contributed by atoms with Gasteiger partial charge in [0, 0.05) is 26.0 Å². The van der Waals surface area contributed by atoms with Crippen molar-refractivity contribution in [2.45, 2.75) is 66.4 Å². The van der Waals surface area contributed by atoms with Crippen LogP contribution in [0.2, 0.25) is 10.0 Å². The average molecular weight is 658 g/mol. The second-order valence-corrected chi connectivity index (χ2v) is 11.0. The summed E-state index contributed by atoms with van der Waals surface area (Å²) in [6.45, 7) is 9.98. The fourth-order valence-electron chi connectivity index (χ4n) is 5.35. The van der Waals surface area contributed by atoms with Crippen LogP contribution < -0.4 is 19.9 Å². The van der Waals surface area contributed by atoms with Crippen molar-refractivity contribution in [2.75, 3.05) is 13.2 Å². The Kier molecular flexibility index (Phi) is 12.1. The predicted molar refractivity (Wildman–Crippen MR) is 178 cm³/mol. The molecule has 0 saturated carbocycles. The summed E-state index contributed by atoms with van der Waals surface area (Å²) in [5.74, 6) is -2.05. The Bertz CT molecular complexity index is 1780. The van der Waals surface area contributed by atoms with Crippen LogP contribution in [0.3, 0.4) is 0 Å². The molecule has 1 unspecified atom stereocenters. The first kappa shape index (κ1) is 35.5. The van der Waals surface area contributed by atoms with Gasteiger partial charge in [-0.05, 0) is 63.0 Å². The number of ether oxygens (including phenoxy) is 3. The summed E-state index contributed by atoms with van der Waals surface area (Å²) >= 11 is 13.3. The smallest absolute Gasteiger partial charge is 0.341 e. The van der Waals surface area contributed by atoms with E-state index in [-0.39, 0.29) is 17.1 Å². The highest BCUT2D eigenvalue weighted by Crippen LogP contribution is 2.44. The van der Waals surface area contributed by atoms with Crippen LogP contribution >= 0.6 is 23.2 Å². The minimum Gasteiger partial charge on any atom is -0.480 e. The minimum absolute atomic E-state index is 0.0886. The number of halogens is 2. The van der Waals surface area contributed by atoms with Crippen molar-refractivity contribution < 1.29 is 38.8 Å². The molecule has 0 fully saturated rings. The summed E-state index contributed by atoms with van der Waals surface area (Å²) < 4.78 is 18.1. The van der Waals surface area contributed by atoms with E-state index in [2.05, 4.69) is 0 Å². The Labute approximate surface area is 272 Å². The van der Waals surface area contributed by atoms with E-state index in [1.54, 1.807) is 50.3 Å². The third kappa shape index (κ3) is 7.45. The van der Waals surface area contributed by atoms with Crippen molar-refractivity contribution in [2.24, 2.45) is 0 Å². The number of hydrogen-bond acceptors (Lipinski definition) is 6. The summed E-state index contributed by atoms with van der Waals surface area (Å²) in [5.41, 5.74) is -0.00990. The summed E-state index contributed by atoms with van der Waals surface area (Å²) in [7, 11) is 0. The van der Waals surface area contributed by atoms with E-state index in [0.717, 1.165) is 5.57 Å². The number of ketones is 1. The Morgan fingerprint density at radius 2 is 1.49 bits per heavy atom. The zero-order chi connectivity index (χ0) is 33.5. The monoisotopic (exact) mass is 656 g/mol. The van der Waals surface area contributed by atoms with Crippen LogP contribution in [-0.4, -0.2) is 46.7 Å². The van der Waals surface area contributed by atoms with Crippen molar-refractivity contribution in [3.63, 3.8) is 0 Å². The molecule has 0 amide bonds. The molecule has 3 aromatic rings. The summed E-state index contributed by atoms with van der Waals surface area (Å²) in [4.78, 5) is 37.3. The summed E-state index contributed by atoms with van der Waals surface area (Å²) in [5, 5.41) is 21.8. The van der Waals surface area contributed by atoms with Gasteiger partial charge in [-0.2, -0.15) is 0 Å². The van der Waals surface area contributed by atoms with E-state index in [0.29, 0.717) is 61.8 Å². The number of benzene rings is 3. The largest absolute Gasteiger partial charge is 0.480 e. The zero-order valence-electron chi connectivity index (χ0n) is 26.3. The van der Waals surface area contributed by atoms with Crippen molar-refractivity contribution in [1.29, 1.82) is 0 Å². The lowest BCUT2D eigenvalue weighted by Crippen LogP contribution is -2.41. The molecule has 1 aliphatic rings. The highest BCUT2D eigenvalue weighted by Gasteiger charge is 2.43. The second kappa shape index (κ2) is 15.3. The van der Waals surface area contributed by atoms with Gasteiger partial charge in [-0.1, -0.05) is 80.4 Å². The van der Waals surface area contributed by atoms with Crippen molar-refractivity contribution in [3.8, 4) is 11.5 Å². The molecule has 3 aromatic carbocycles. The van der Waals surface area contributed by atoms with Gasteiger partial charge in [0.2, 0.25) is 5.78 Å². The lowest BCUT2D eigenvalue weighted by Gasteiger charge is -2.37. The third-order valence-electron chi connectivity index (χ3n) is 7.46. The average Bonchev–Trinajstić information content (AvgIpc) is 3.03. The summed E-state index contributed by atoms with van der Waals surface area (Å²) in [6, 6.07) is 10.1. The molecule has 0 aromatic heterocycles. The maximum Gasteiger partial charge on any atom is 0.341 e. The molecule has 0 bridgehead atoms. The molecule has 0 radical (unpaired) electrons. The normalized spacial score (nSPS) is 17.0. The van der Waals surface area contributed by atoms with E-state index < -0.39 is 36.5 Å². The first-order chi connectivity index (χ1) is 21.4. The van der Waals surface area contributed by atoms with Crippen LogP contribution in [0.5, 0.6) is 11.5 Å². The highest BCUT2D eigenvalue weighted by atomic mass is 35.5. The second-order valence-electron chi connectivity index (χ2n) is 10.2. The molecule has 240 valence electrons. The van der Waals surface area contributed by atoms with E-state index >= 15 is 0 Å². The molecule has 8 nitrogen and oxygen atoms in total. The number of carboxylic acid groups (broad SMARTS) is 2. The quantitative estimate of drug-likeness (QED) is 0.219. The fourth-order valence-corrected chi connectivity index (χ4v) is 5.94. The molecule has 0 aliphatic carbocycles. The number of rotatable bonds is 10. The first-order valence-electron chi connectivity index (χ1n) is 14.8. The van der Waals surface area contributed by atoms with Gasteiger partial charge in [0.1, 0.15) is 17.3 Å². The van der Waals surface area contributed by atoms with E-state index in [9.17, 15) is 24.6 Å². The Balaban J connectivity index is 0.00000271.